The van der Waals surface area contributed by atoms with E-state index in [-0.39, 0.29) is 18.4 Å². The van der Waals surface area contributed by atoms with Gasteiger partial charge in [0.25, 0.3) is 0 Å². The van der Waals surface area contributed by atoms with Crippen LogP contribution in [0.4, 0.5) is 11.4 Å². The molecule has 1 aliphatic rings. The number of aryl methyl sites for hydroxylation is 2. The molecule has 1 aromatic heterocycles. The molecule has 40 heavy (non-hydrogen) atoms. The Morgan fingerprint density at radius 1 is 1.07 bits per heavy atom. The number of nitrogens with zero attached hydrogens (tertiary/aromatic N) is 4. The number of rotatable bonds is 9. The van der Waals surface area contributed by atoms with E-state index < -0.39 is 0 Å². The highest BCUT2D eigenvalue weighted by Gasteiger charge is 2.26. The number of carbonyl (C=O) groups excluding carboxylic acids is 1. The van der Waals surface area contributed by atoms with Crippen LogP contribution in [0.15, 0.2) is 65.2 Å². The molecule has 0 spiro atoms. The van der Waals surface area contributed by atoms with Gasteiger partial charge in [0, 0.05) is 24.7 Å². The van der Waals surface area contributed by atoms with E-state index in [0.29, 0.717) is 30.6 Å². The van der Waals surface area contributed by atoms with Gasteiger partial charge in [0.05, 0.1) is 19.1 Å². The first-order valence-corrected chi connectivity index (χ1v) is 13.4. The Bertz CT molecular complexity index is 1480. The number of ether oxygens (including phenoxy) is 1. The predicted molar refractivity (Wildman–Crippen MR) is 155 cm³/mol. The van der Waals surface area contributed by atoms with Crippen LogP contribution in [-0.2, 0) is 16.1 Å². The summed E-state index contributed by atoms with van der Waals surface area (Å²) in [7, 11) is 4.03. The van der Waals surface area contributed by atoms with Crippen LogP contribution in [0.5, 0.6) is 5.75 Å². The van der Waals surface area contributed by atoms with Gasteiger partial charge in [0.2, 0.25) is 17.6 Å². The number of hydrogen-bond donors (Lipinski definition) is 1. The summed E-state index contributed by atoms with van der Waals surface area (Å²) in [6, 6.07) is 19.9. The summed E-state index contributed by atoms with van der Waals surface area (Å²) in [5, 5.41) is 8.91. The molecule has 0 radical (unpaired) electrons. The lowest BCUT2D eigenvalue weighted by Gasteiger charge is -2.36. The van der Waals surface area contributed by atoms with Crippen molar-refractivity contribution in [2.24, 2.45) is 0 Å². The number of benzene rings is 3. The standard InChI is InChI=1S/C31H35N5O4/c1-20-16-25(31-32-22(3)40-34-31)10-12-27(20)24-8-6-23(7-9-24)17-30(37)33-26-11-13-29-28(18-26)36(21(2)19-38-29)39-15-14-35(4)5/h6-13,16,18,21H,14-15,17,19H2,1-5H3,(H,33,37). The number of hydrogen-bond acceptors (Lipinski definition) is 8. The van der Waals surface area contributed by atoms with Crippen molar-refractivity contribution in [3.05, 3.63) is 77.7 Å². The molecule has 208 valence electrons. The fourth-order valence-corrected chi connectivity index (χ4v) is 4.66. The third-order valence-electron chi connectivity index (χ3n) is 6.77. The van der Waals surface area contributed by atoms with Crippen molar-refractivity contribution in [2.75, 3.05) is 44.2 Å². The summed E-state index contributed by atoms with van der Waals surface area (Å²) in [5.74, 6) is 1.78. The van der Waals surface area contributed by atoms with Crippen molar-refractivity contribution in [3.63, 3.8) is 0 Å². The summed E-state index contributed by atoms with van der Waals surface area (Å²) >= 11 is 0. The van der Waals surface area contributed by atoms with Crippen molar-refractivity contribution in [1.29, 1.82) is 0 Å². The van der Waals surface area contributed by atoms with Crippen molar-refractivity contribution < 1.29 is 18.9 Å². The molecule has 0 aliphatic carbocycles. The van der Waals surface area contributed by atoms with Crippen molar-refractivity contribution >= 4 is 17.3 Å². The number of nitrogens with one attached hydrogen (secondary N) is 1. The van der Waals surface area contributed by atoms with Gasteiger partial charge < -0.3 is 19.5 Å². The Labute approximate surface area is 234 Å². The minimum Gasteiger partial charge on any atom is -0.489 e. The summed E-state index contributed by atoms with van der Waals surface area (Å²) in [6.45, 7) is 7.80. The van der Waals surface area contributed by atoms with Crippen LogP contribution in [0.25, 0.3) is 22.5 Å². The van der Waals surface area contributed by atoms with Crippen molar-refractivity contribution in [3.8, 4) is 28.3 Å². The molecule has 0 bridgehead atoms. The van der Waals surface area contributed by atoms with Gasteiger partial charge in [0.1, 0.15) is 18.0 Å². The number of anilines is 2. The quantitative estimate of drug-likeness (QED) is 0.306. The highest BCUT2D eigenvalue weighted by Crippen LogP contribution is 2.36. The second-order valence-corrected chi connectivity index (χ2v) is 10.4. The molecular weight excluding hydrogens is 506 g/mol. The van der Waals surface area contributed by atoms with Gasteiger partial charge in [-0.05, 0) is 74.5 Å². The molecule has 1 amide bonds. The van der Waals surface area contributed by atoms with Gasteiger partial charge in [-0.3, -0.25) is 9.63 Å². The molecule has 1 aliphatic heterocycles. The molecule has 9 nitrogen and oxygen atoms in total. The Kier molecular flexibility index (Phi) is 8.14. The van der Waals surface area contributed by atoms with Crippen molar-refractivity contribution in [2.45, 2.75) is 33.2 Å². The van der Waals surface area contributed by atoms with Crippen molar-refractivity contribution in [1.82, 2.24) is 15.0 Å². The van der Waals surface area contributed by atoms with Gasteiger partial charge in [0.15, 0.2) is 0 Å². The lowest BCUT2D eigenvalue weighted by Crippen LogP contribution is -2.42. The smallest absolute Gasteiger partial charge is 0.228 e. The highest BCUT2D eigenvalue weighted by atomic mass is 16.7. The second-order valence-electron chi connectivity index (χ2n) is 10.4. The number of likely N-dealkylation sites (N-methyl/N-ethyl adjacent to an activating group) is 1. The summed E-state index contributed by atoms with van der Waals surface area (Å²) in [4.78, 5) is 25.4. The van der Waals surface area contributed by atoms with Crippen LogP contribution in [0, 0.1) is 13.8 Å². The first kappa shape index (κ1) is 27.4. The van der Waals surface area contributed by atoms with Crippen LogP contribution in [0.3, 0.4) is 0 Å². The van der Waals surface area contributed by atoms with Crippen LogP contribution in [0.1, 0.15) is 23.9 Å². The molecular formula is C31H35N5O4. The van der Waals surface area contributed by atoms with Gasteiger partial charge in [-0.15, -0.1) is 0 Å². The van der Waals surface area contributed by atoms with E-state index in [1.165, 1.54) is 0 Å². The van der Waals surface area contributed by atoms with Gasteiger partial charge >= 0.3 is 0 Å². The Morgan fingerprint density at radius 2 is 1.85 bits per heavy atom. The minimum absolute atomic E-state index is 0.0575. The topological polar surface area (TPSA) is 93.0 Å². The maximum Gasteiger partial charge on any atom is 0.228 e. The highest BCUT2D eigenvalue weighted by molar-refractivity contribution is 5.93. The number of carbonyl (C=O) groups is 1. The maximum absolute atomic E-state index is 12.9. The SMILES string of the molecule is Cc1nc(-c2ccc(-c3ccc(CC(=O)Nc4ccc5c(c4)N(OCCN(C)C)C(C)CO5)cc3)c(C)c2)no1. The van der Waals surface area contributed by atoms with Crippen LogP contribution in [-0.4, -0.2) is 60.8 Å². The van der Waals surface area contributed by atoms with Gasteiger partial charge in [-0.2, -0.15) is 4.98 Å². The number of hydroxylamine groups is 1. The third-order valence-corrected chi connectivity index (χ3v) is 6.77. The molecule has 0 saturated carbocycles. The van der Waals surface area contributed by atoms with E-state index in [2.05, 4.69) is 46.3 Å². The molecule has 2 heterocycles. The van der Waals surface area contributed by atoms with E-state index >= 15 is 0 Å². The van der Waals surface area contributed by atoms with E-state index in [4.69, 9.17) is 14.1 Å². The van der Waals surface area contributed by atoms with Crippen LogP contribution in [0.2, 0.25) is 0 Å². The Hall–Kier alpha value is -4.21. The van der Waals surface area contributed by atoms with Gasteiger partial charge in [-0.1, -0.05) is 41.6 Å². The summed E-state index contributed by atoms with van der Waals surface area (Å²) < 4.78 is 11.0. The molecule has 1 unspecified atom stereocenters. The molecule has 0 fully saturated rings. The minimum atomic E-state index is -0.0894. The number of aromatic nitrogens is 2. The fraction of sp³-hybridized carbons (Fsp3) is 0.323. The predicted octanol–water partition coefficient (Wildman–Crippen LogP) is 5.28. The summed E-state index contributed by atoms with van der Waals surface area (Å²) in [6.07, 6.45) is 0.266. The van der Waals surface area contributed by atoms with E-state index in [9.17, 15) is 4.79 Å². The Morgan fingerprint density at radius 3 is 2.55 bits per heavy atom. The molecule has 3 aromatic carbocycles. The molecule has 9 heteroatoms. The second kappa shape index (κ2) is 11.9. The van der Waals surface area contributed by atoms with Crippen LogP contribution < -0.4 is 15.1 Å². The Balaban J connectivity index is 1.23. The lowest BCUT2D eigenvalue weighted by molar-refractivity contribution is -0.115. The lowest BCUT2D eigenvalue weighted by atomic mass is 9.97. The molecule has 1 N–H and O–H groups in total. The first-order chi connectivity index (χ1) is 19.3. The third kappa shape index (κ3) is 6.32. The molecule has 1 atom stereocenters. The largest absolute Gasteiger partial charge is 0.489 e. The van der Waals surface area contributed by atoms with Crippen LogP contribution >= 0.6 is 0 Å². The normalized spacial score (nSPS) is 14.7. The average molecular weight is 542 g/mol. The zero-order valence-electron chi connectivity index (χ0n) is 23.6. The first-order valence-electron chi connectivity index (χ1n) is 13.4. The average Bonchev–Trinajstić information content (AvgIpc) is 3.36. The van der Waals surface area contributed by atoms with E-state index in [1.807, 2.05) is 67.7 Å². The zero-order chi connectivity index (χ0) is 28.2. The molecule has 4 aromatic rings. The number of fused-ring (bicyclic) bond motifs is 1. The fourth-order valence-electron chi connectivity index (χ4n) is 4.66. The van der Waals surface area contributed by atoms with E-state index in [0.717, 1.165) is 45.8 Å². The summed E-state index contributed by atoms with van der Waals surface area (Å²) in [5.41, 5.74) is 6.66. The van der Waals surface area contributed by atoms with Gasteiger partial charge in [-0.25, -0.2) is 5.06 Å². The maximum atomic E-state index is 12.9. The molecule has 5 rings (SSSR count). The molecule has 0 saturated heterocycles. The monoisotopic (exact) mass is 541 g/mol. The number of amides is 1. The zero-order valence-corrected chi connectivity index (χ0v) is 23.6. The van der Waals surface area contributed by atoms with E-state index in [1.54, 1.807) is 6.92 Å².